The van der Waals surface area contributed by atoms with Gasteiger partial charge in [-0.15, -0.1) is 10.2 Å². The van der Waals surface area contributed by atoms with Gasteiger partial charge in [0.15, 0.2) is 5.75 Å². The van der Waals surface area contributed by atoms with Gasteiger partial charge in [0.1, 0.15) is 11.6 Å². The molecule has 0 fully saturated rings. The van der Waals surface area contributed by atoms with Gasteiger partial charge in [-0.25, -0.2) is 0 Å². The lowest BCUT2D eigenvalue weighted by molar-refractivity contribution is 0.474. The summed E-state index contributed by atoms with van der Waals surface area (Å²) in [6.45, 7) is 1.89. The molecule has 3 N–H and O–H groups in total. The first kappa shape index (κ1) is 13.0. The number of allylic oxidation sites excluding steroid dienone is 1. The fourth-order valence-electron chi connectivity index (χ4n) is 1.42. The topological polar surface area (TPSA) is 111 Å². The summed E-state index contributed by atoms with van der Waals surface area (Å²) in [6.07, 6.45) is 1.41. The molecule has 19 heavy (non-hydrogen) atoms. The van der Waals surface area contributed by atoms with E-state index in [0.29, 0.717) is 10.2 Å². The number of phenolic OH excluding ortho intramolecular Hbond substituents is 1. The normalized spacial score (nSPS) is 11.1. The van der Waals surface area contributed by atoms with Crippen LogP contribution in [0.15, 0.2) is 22.8 Å². The zero-order valence-electron chi connectivity index (χ0n) is 9.85. The highest BCUT2D eigenvalue weighted by molar-refractivity contribution is 9.10. The largest absolute Gasteiger partial charge is 0.505 e. The van der Waals surface area contributed by atoms with Crippen LogP contribution in [0.3, 0.4) is 0 Å². The summed E-state index contributed by atoms with van der Waals surface area (Å²) < 4.78 is 0.571. The van der Waals surface area contributed by atoms with Crippen molar-refractivity contribution in [3.8, 4) is 11.8 Å². The zero-order valence-corrected chi connectivity index (χ0v) is 11.4. The van der Waals surface area contributed by atoms with Gasteiger partial charge in [0, 0.05) is 6.20 Å². The van der Waals surface area contributed by atoms with Gasteiger partial charge in [-0.3, -0.25) is 0 Å². The van der Waals surface area contributed by atoms with E-state index in [1.807, 2.05) is 13.0 Å². The Kier molecular flexibility index (Phi) is 3.77. The minimum atomic E-state index is 0.0623. The second-order valence-electron chi connectivity index (χ2n) is 3.69. The van der Waals surface area contributed by atoms with E-state index in [1.165, 1.54) is 6.20 Å². The Morgan fingerprint density at radius 3 is 3.00 bits per heavy atom. The number of hydrogen-bond donors (Lipinski definition) is 3. The van der Waals surface area contributed by atoms with Crippen LogP contribution in [0, 0.1) is 18.3 Å². The van der Waals surface area contributed by atoms with Crippen LogP contribution in [0.2, 0.25) is 0 Å². The molecule has 0 bridgehead atoms. The van der Waals surface area contributed by atoms with Crippen molar-refractivity contribution in [1.82, 2.24) is 20.6 Å². The zero-order chi connectivity index (χ0) is 13.8. The predicted octanol–water partition coefficient (Wildman–Crippen LogP) is 1.95. The smallest absolute Gasteiger partial charge is 0.216 e. The number of hydrogen-bond acceptors (Lipinski definition) is 6. The van der Waals surface area contributed by atoms with Crippen LogP contribution in [0.4, 0.5) is 5.69 Å². The van der Waals surface area contributed by atoms with Crippen LogP contribution in [0.1, 0.15) is 11.4 Å². The molecular weight excluding hydrogens is 312 g/mol. The molecule has 0 aliphatic carbocycles. The molecule has 0 amide bonds. The van der Waals surface area contributed by atoms with E-state index < -0.39 is 0 Å². The number of aromatic nitrogens is 4. The molecule has 0 unspecified atom stereocenters. The SMILES string of the molecule is Cc1cc(Br)c(O)c(NC=C(C#N)c2nn[nH]n2)c1. The summed E-state index contributed by atoms with van der Waals surface area (Å²) in [5.74, 6) is 0.244. The maximum Gasteiger partial charge on any atom is 0.216 e. The van der Waals surface area contributed by atoms with Crippen LogP contribution in [0.5, 0.6) is 5.75 Å². The van der Waals surface area contributed by atoms with E-state index in [-0.39, 0.29) is 17.1 Å². The number of aromatic hydroxyl groups is 1. The lowest BCUT2D eigenvalue weighted by Crippen LogP contribution is -1.94. The van der Waals surface area contributed by atoms with Crippen molar-refractivity contribution in [2.24, 2.45) is 0 Å². The average molecular weight is 321 g/mol. The molecule has 96 valence electrons. The third-order valence-corrected chi connectivity index (χ3v) is 2.89. The predicted molar refractivity (Wildman–Crippen MR) is 71.9 cm³/mol. The number of nitriles is 1. The van der Waals surface area contributed by atoms with E-state index in [2.05, 4.69) is 41.9 Å². The first-order valence-corrected chi connectivity index (χ1v) is 6.01. The Hall–Kier alpha value is -2.40. The Labute approximate surface area is 117 Å². The second kappa shape index (κ2) is 5.49. The lowest BCUT2D eigenvalue weighted by Gasteiger charge is -2.07. The molecule has 2 rings (SSSR count). The minimum absolute atomic E-state index is 0.0623. The van der Waals surface area contributed by atoms with Gasteiger partial charge in [-0.2, -0.15) is 10.5 Å². The molecule has 1 aromatic carbocycles. The maximum atomic E-state index is 9.87. The highest BCUT2D eigenvalue weighted by atomic mass is 79.9. The molecule has 2 aromatic rings. The van der Waals surface area contributed by atoms with Crippen molar-refractivity contribution in [3.05, 3.63) is 34.2 Å². The molecule has 0 radical (unpaired) electrons. The molecule has 0 atom stereocenters. The lowest BCUT2D eigenvalue weighted by atomic mass is 10.2. The second-order valence-corrected chi connectivity index (χ2v) is 4.55. The Morgan fingerprint density at radius 1 is 1.58 bits per heavy atom. The monoisotopic (exact) mass is 320 g/mol. The van der Waals surface area contributed by atoms with E-state index in [1.54, 1.807) is 12.1 Å². The van der Waals surface area contributed by atoms with Gasteiger partial charge in [0.05, 0.1) is 10.2 Å². The summed E-state index contributed by atoms with van der Waals surface area (Å²) >= 11 is 3.24. The quantitative estimate of drug-likeness (QED) is 0.589. The number of H-pyrrole nitrogens is 1. The van der Waals surface area contributed by atoms with Crippen LogP contribution < -0.4 is 5.32 Å². The van der Waals surface area contributed by atoms with Crippen molar-refractivity contribution >= 4 is 27.2 Å². The van der Waals surface area contributed by atoms with E-state index in [0.717, 1.165) is 5.56 Å². The van der Waals surface area contributed by atoms with Crippen molar-refractivity contribution in [3.63, 3.8) is 0 Å². The highest BCUT2D eigenvalue weighted by Gasteiger charge is 2.08. The van der Waals surface area contributed by atoms with Gasteiger partial charge in [0.2, 0.25) is 5.82 Å². The number of nitrogens with one attached hydrogen (secondary N) is 2. The summed E-state index contributed by atoms with van der Waals surface area (Å²) in [5.41, 5.74) is 1.63. The van der Waals surface area contributed by atoms with Crippen LogP contribution >= 0.6 is 15.9 Å². The van der Waals surface area contributed by atoms with Gasteiger partial charge in [-0.05, 0) is 45.8 Å². The van der Waals surface area contributed by atoms with E-state index in [4.69, 9.17) is 5.26 Å². The minimum Gasteiger partial charge on any atom is -0.505 e. The number of halogens is 1. The van der Waals surface area contributed by atoms with E-state index >= 15 is 0 Å². The summed E-state index contributed by atoms with van der Waals surface area (Å²) in [5, 5.41) is 34.8. The Balaban J connectivity index is 2.30. The molecule has 1 aromatic heterocycles. The molecule has 1 heterocycles. The number of rotatable bonds is 3. The molecule has 8 heteroatoms. The van der Waals surface area contributed by atoms with Crippen molar-refractivity contribution in [2.75, 3.05) is 5.32 Å². The molecule has 7 nitrogen and oxygen atoms in total. The first-order valence-electron chi connectivity index (χ1n) is 5.21. The molecule has 0 saturated heterocycles. The Bertz CT molecular complexity index is 659. The van der Waals surface area contributed by atoms with Crippen LogP contribution in [0.25, 0.3) is 5.57 Å². The third-order valence-electron chi connectivity index (χ3n) is 2.29. The fraction of sp³-hybridized carbons (Fsp3) is 0.0909. The summed E-state index contributed by atoms with van der Waals surface area (Å²) in [6, 6.07) is 5.48. The molecule has 0 saturated carbocycles. The molecule has 0 aliphatic rings. The van der Waals surface area contributed by atoms with Crippen LogP contribution in [-0.4, -0.2) is 25.7 Å². The molecule has 0 spiro atoms. The number of anilines is 1. The average Bonchev–Trinajstić information content (AvgIpc) is 2.89. The van der Waals surface area contributed by atoms with Gasteiger partial charge >= 0.3 is 0 Å². The van der Waals surface area contributed by atoms with Gasteiger partial charge < -0.3 is 10.4 Å². The maximum absolute atomic E-state index is 9.87. The van der Waals surface area contributed by atoms with Gasteiger partial charge in [-0.1, -0.05) is 0 Å². The molecule has 0 aliphatic heterocycles. The number of tetrazole rings is 1. The summed E-state index contributed by atoms with van der Waals surface area (Å²) in [7, 11) is 0. The highest BCUT2D eigenvalue weighted by Crippen LogP contribution is 2.33. The molecular formula is C11H9BrN6O. The number of benzene rings is 1. The van der Waals surface area contributed by atoms with Gasteiger partial charge in [0.25, 0.3) is 0 Å². The third kappa shape index (κ3) is 2.89. The van der Waals surface area contributed by atoms with E-state index in [9.17, 15) is 5.11 Å². The summed E-state index contributed by atoms with van der Waals surface area (Å²) in [4.78, 5) is 0. The Morgan fingerprint density at radius 2 is 2.37 bits per heavy atom. The number of phenols is 1. The fourth-order valence-corrected chi connectivity index (χ4v) is 1.99. The van der Waals surface area contributed by atoms with Crippen molar-refractivity contribution in [1.29, 1.82) is 5.26 Å². The van der Waals surface area contributed by atoms with Crippen molar-refractivity contribution in [2.45, 2.75) is 6.92 Å². The number of aryl methyl sites for hydroxylation is 1. The standard InChI is InChI=1S/C11H9BrN6O/c1-6-2-8(12)10(19)9(3-6)14-5-7(4-13)11-15-17-18-16-11/h2-3,5,14,19H,1H3,(H,15,16,17,18). The van der Waals surface area contributed by atoms with Crippen molar-refractivity contribution < 1.29 is 5.11 Å². The number of aromatic amines is 1. The van der Waals surface area contributed by atoms with Crippen LogP contribution in [-0.2, 0) is 0 Å². The first-order chi connectivity index (χ1) is 9.11. The number of nitrogens with zero attached hydrogens (tertiary/aromatic N) is 4.